The molecule has 0 aliphatic carbocycles. The van der Waals surface area contributed by atoms with Crippen LogP contribution >= 0.6 is 7.82 Å². The molecule has 0 amide bonds. The molecule has 0 fully saturated rings. The lowest BCUT2D eigenvalue weighted by Crippen LogP contribution is -2.05. The second kappa shape index (κ2) is 22.9. The molecule has 0 spiro atoms. The van der Waals surface area contributed by atoms with Crippen LogP contribution in [0.3, 0.4) is 0 Å². The average Bonchev–Trinajstić information content (AvgIpc) is 2.88. The molecule has 1 aromatic rings. The second-order valence-corrected chi connectivity index (χ2v) is 12.5. The monoisotopic (exact) mass is 552 g/mol. The number of rotatable bonds is 26. The Labute approximate surface area is 236 Å². The van der Waals surface area contributed by atoms with Gasteiger partial charge in [0.25, 0.3) is 0 Å². The summed E-state index contributed by atoms with van der Waals surface area (Å²) in [6.07, 6.45) is 29.4. The maximum atomic E-state index is 11.8. The third-order valence-corrected chi connectivity index (χ3v) is 8.25. The molecule has 0 aliphatic heterocycles. The molecule has 222 valence electrons. The average molecular weight is 553 g/mol. The maximum Gasteiger partial charge on any atom is 0.524 e. The summed E-state index contributed by atoms with van der Waals surface area (Å²) < 4.78 is 17.1. The van der Waals surface area contributed by atoms with Crippen LogP contribution in [-0.2, 0) is 23.8 Å². The first kappa shape index (κ1) is 35.2. The highest BCUT2D eigenvalue weighted by Gasteiger charge is 2.21. The molecule has 4 nitrogen and oxygen atoms in total. The van der Waals surface area contributed by atoms with Crippen molar-refractivity contribution in [3.05, 3.63) is 28.8 Å². The van der Waals surface area contributed by atoms with Crippen molar-refractivity contribution in [1.82, 2.24) is 0 Å². The van der Waals surface area contributed by atoms with E-state index >= 15 is 0 Å². The largest absolute Gasteiger partial charge is 0.524 e. The molecule has 1 rings (SSSR count). The number of benzene rings is 1. The van der Waals surface area contributed by atoms with E-state index in [0.29, 0.717) is 5.75 Å². The third kappa shape index (κ3) is 17.7. The fourth-order valence-corrected chi connectivity index (χ4v) is 5.97. The Kier molecular flexibility index (Phi) is 21.2. The zero-order chi connectivity index (χ0) is 27.9. The zero-order valence-electron chi connectivity index (χ0n) is 25.3. The van der Waals surface area contributed by atoms with Gasteiger partial charge in [0, 0.05) is 0 Å². The number of phosphoric ester groups is 1. The van der Waals surface area contributed by atoms with E-state index in [9.17, 15) is 14.4 Å². The van der Waals surface area contributed by atoms with Gasteiger partial charge in [-0.05, 0) is 61.3 Å². The quantitative estimate of drug-likeness (QED) is 0.0886. The fourth-order valence-electron chi connectivity index (χ4n) is 5.54. The molecular weight excluding hydrogens is 491 g/mol. The van der Waals surface area contributed by atoms with E-state index in [4.69, 9.17) is 4.52 Å². The summed E-state index contributed by atoms with van der Waals surface area (Å²) in [6, 6.07) is 3.92. The molecule has 0 bridgehead atoms. The van der Waals surface area contributed by atoms with Gasteiger partial charge in [-0.1, -0.05) is 142 Å². The van der Waals surface area contributed by atoms with Crippen molar-refractivity contribution in [3.63, 3.8) is 0 Å². The van der Waals surface area contributed by atoms with E-state index in [1.54, 1.807) is 0 Å². The van der Waals surface area contributed by atoms with Crippen LogP contribution in [0.1, 0.15) is 172 Å². The molecule has 0 atom stereocenters. The van der Waals surface area contributed by atoms with Crippen molar-refractivity contribution in [3.8, 4) is 5.75 Å². The zero-order valence-corrected chi connectivity index (χ0v) is 26.2. The number of unbranched alkanes of at least 4 members (excludes halogenated alkanes) is 18. The Morgan fingerprint density at radius 1 is 0.526 bits per heavy atom. The van der Waals surface area contributed by atoms with Gasteiger partial charge in [0.1, 0.15) is 5.75 Å². The summed E-state index contributed by atoms with van der Waals surface area (Å²) in [6.45, 7) is 6.76. The molecule has 5 heteroatoms. The van der Waals surface area contributed by atoms with Gasteiger partial charge in [0.2, 0.25) is 0 Å². The smallest absolute Gasteiger partial charge is 0.404 e. The first-order chi connectivity index (χ1) is 18.4. The molecule has 38 heavy (non-hydrogen) atoms. The maximum absolute atomic E-state index is 11.8. The van der Waals surface area contributed by atoms with Crippen LogP contribution in [-0.4, -0.2) is 9.79 Å². The van der Waals surface area contributed by atoms with Crippen LogP contribution in [0, 0.1) is 0 Å². The van der Waals surface area contributed by atoms with E-state index in [-0.39, 0.29) is 0 Å². The molecular formula is C33H61O4P. The van der Waals surface area contributed by atoms with Crippen molar-refractivity contribution in [2.45, 2.75) is 175 Å². The van der Waals surface area contributed by atoms with Gasteiger partial charge in [0.05, 0.1) is 0 Å². The number of phosphoric acid groups is 1. The van der Waals surface area contributed by atoms with Crippen molar-refractivity contribution in [1.29, 1.82) is 0 Å². The Morgan fingerprint density at radius 2 is 0.895 bits per heavy atom. The van der Waals surface area contributed by atoms with Crippen molar-refractivity contribution >= 4 is 7.82 Å². The Balaban J connectivity index is 2.92. The lowest BCUT2D eigenvalue weighted by atomic mass is 9.89. The van der Waals surface area contributed by atoms with Gasteiger partial charge < -0.3 is 4.52 Å². The van der Waals surface area contributed by atoms with Gasteiger partial charge in [-0.3, -0.25) is 9.79 Å². The first-order valence-electron chi connectivity index (χ1n) is 16.3. The van der Waals surface area contributed by atoms with E-state index in [1.807, 2.05) is 6.07 Å². The van der Waals surface area contributed by atoms with Crippen LogP contribution in [0.2, 0.25) is 0 Å². The van der Waals surface area contributed by atoms with E-state index in [0.717, 1.165) is 44.1 Å². The topological polar surface area (TPSA) is 66.8 Å². The van der Waals surface area contributed by atoms with Crippen LogP contribution < -0.4 is 4.52 Å². The van der Waals surface area contributed by atoms with Crippen LogP contribution in [0.5, 0.6) is 5.75 Å². The van der Waals surface area contributed by atoms with E-state index in [2.05, 4.69) is 26.8 Å². The van der Waals surface area contributed by atoms with Gasteiger partial charge in [-0.15, -0.1) is 0 Å². The molecule has 0 unspecified atom stereocenters. The van der Waals surface area contributed by atoms with Crippen LogP contribution in [0.15, 0.2) is 12.1 Å². The minimum Gasteiger partial charge on any atom is -0.404 e. The number of hydrogen-bond donors (Lipinski definition) is 2. The molecule has 0 saturated heterocycles. The normalized spacial score (nSPS) is 11.8. The fraction of sp³-hybridized carbons (Fsp3) is 0.818. The summed E-state index contributed by atoms with van der Waals surface area (Å²) in [4.78, 5) is 19.2. The lowest BCUT2D eigenvalue weighted by molar-refractivity contribution is 0.282. The summed E-state index contributed by atoms with van der Waals surface area (Å²) >= 11 is 0. The van der Waals surface area contributed by atoms with Crippen molar-refractivity contribution in [2.75, 3.05) is 0 Å². The number of aryl methyl sites for hydroxylation is 1. The summed E-state index contributed by atoms with van der Waals surface area (Å²) in [5, 5.41) is 0. The molecule has 0 saturated carbocycles. The number of hydrogen-bond acceptors (Lipinski definition) is 2. The second-order valence-electron chi connectivity index (χ2n) is 11.4. The van der Waals surface area contributed by atoms with Crippen LogP contribution in [0.25, 0.3) is 0 Å². The minimum atomic E-state index is -4.59. The molecule has 0 heterocycles. The highest BCUT2D eigenvalue weighted by molar-refractivity contribution is 7.46. The Morgan fingerprint density at radius 3 is 1.32 bits per heavy atom. The SMILES string of the molecule is CCCCCCCCCc1ccc(OP(=O)(O)O)c(CCCCCCCCC)c1CCCCCCCCC. The van der Waals surface area contributed by atoms with Crippen molar-refractivity contribution in [2.24, 2.45) is 0 Å². The van der Waals surface area contributed by atoms with Gasteiger partial charge in [0.15, 0.2) is 0 Å². The van der Waals surface area contributed by atoms with Gasteiger partial charge in [-0.2, -0.15) is 0 Å². The predicted molar refractivity (Wildman–Crippen MR) is 164 cm³/mol. The molecule has 2 N–H and O–H groups in total. The van der Waals surface area contributed by atoms with Gasteiger partial charge in [-0.25, -0.2) is 4.57 Å². The van der Waals surface area contributed by atoms with E-state index in [1.165, 1.54) is 127 Å². The first-order valence-corrected chi connectivity index (χ1v) is 17.8. The summed E-state index contributed by atoms with van der Waals surface area (Å²) in [5.41, 5.74) is 3.76. The van der Waals surface area contributed by atoms with Gasteiger partial charge >= 0.3 is 7.82 Å². The molecule has 0 radical (unpaired) electrons. The lowest BCUT2D eigenvalue weighted by Gasteiger charge is -2.20. The van der Waals surface area contributed by atoms with E-state index < -0.39 is 7.82 Å². The molecule has 0 aromatic heterocycles. The third-order valence-electron chi connectivity index (χ3n) is 7.81. The Hall–Kier alpha value is -0.830. The molecule has 1 aromatic carbocycles. The van der Waals surface area contributed by atoms with Crippen LogP contribution in [0.4, 0.5) is 0 Å². The highest BCUT2D eigenvalue weighted by atomic mass is 31.2. The predicted octanol–water partition coefficient (Wildman–Crippen LogP) is 11.0. The Bertz CT molecular complexity index is 743. The summed E-state index contributed by atoms with van der Waals surface area (Å²) in [7, 11) is -4.59. The summed E-state index contributed by atoms with van der Waals surface area (Å²) in [5.74, 6) is 0.408. The standard InChI is InChI=1S/C33H61O4P/c1-4-7-10-13-16-19-22-25-30-28-29-33(37-38(34,35)36)32(27-24-21-18-15-12-9-6-3)31(30)26-23-20-17-14-11-8-5-2/h28-29H,4-27H2,1-3H3,(H2,34,35,36). The molecule has 0 aliphatic rings. The van der Waals surface area contributed by atoms with Crippen molar-refractivity contribution < 1.29 is 18.9 Å². The highest BCUT2D eigenvalue weighted by Crippen LogP contribution is 2.41. The minimum absolute atomic E-state index is 0.408.